The van der Waals surface area contributed by atoms with Crippen LogP contribution in [-0.4, -0.2) is 31.1 Å². The molecular formula is C15H15F2NO4. The van der Waals surface area contributed by atoms with E-state index in [1.807, 2.05) is 0 Å². The smallest absolute Gasteiger partial charge is 0.387 e. The number of rotatable bonds is 6. The van der Waals surface area contributed by atoms with Crippen LogP contribution >= 0.6 is 0 Å². The number of carbonyl (C=O) groups excluding carboxylic acids is 2. The van der Waals surface area contributed by atoms with E-state index in [4.69, 9.17) is 4.74 Å². The summed E-state index contributed by atoms with van der Waals surface area (Å²) in [7, 11) is 0. The fourth-order valence-corrected chi connectivity index (χ4v) is 1.96. The molecule has 1 fully saturated rings. The van der Waals surface area contributed by atoms with Crippen LogP contribution in [0.15, 0.2) is 30.3 Å². The summed E-state index contributed by atoms with van der Waals surface area (Å²) in [6.07, 6.45) is 3.84. The lowest BCUT2D eigenvalue weighted by molar-refractivity contribution is -0.138. The van der Waals surface area contributed by atoms with Crippen molar-refractivity contribution in [2.45, 2.75) is 25.5 Å². The Bertz CT molecular complexity index is 557. The lowest BCUT2D eigenvalue weighted by atomic mass is 10.2. The number of ether oxygens (including phenoxy) is 2. The molecule has 1 unspecified atom stereocenters. The largest absolute Gasteiger partial charge is 0.460 e. The summed E-state index contributed by atoms with van der Waals surface area (Å²) in [5.41, 5.74) is 0.646. The van der Waals surface area contributed by atoms with Crippen LogP contribution < -0.4 is 10.1 Å². The Labute approximate surface area is 125 Å². The molecule has 0 aromatic heterocycles. The van der Waals surface area contributed by atoms with E-state index >= 15 is 0 Å². The van der Waals surface area contributed by atoms with E-state index in [1.165, 1.54) is 24.3 Å². The summed E-state index contributed by atoms with van der Waals surface area (Å²) in [4.78, 5) is 22.5. The predicted octanol–water partition coefficient (Wildman–Crippen LogP) is 2.12. The van der Waals surface area contributed by atoms with Gasteiger partial charge in [-0.05, 0) is 30.2 Å². The Morgan fingerprint density at radius 3 is 2.68 bits per heavy atom. The van der Waals surface area contributed by atoms with Crippen LogP contribution in [-0.2, 0) is 14.3 Å². The van der Waals surface area contributed by atoms with Crippen molar-refractivity contribution >= 4 is 18.0 Å². The van der Waals surface area contributed by atoms with Crippen molar-refractivity contribution in [3.05, 3.63) is 35.9 Å². The van der Waals surface area contributed by atoms with Gasteiger partial charge in [0.2, 0.25) is 5.91 Å². The summed E-state index contributed by atoms with van der Waals surface area (Å²) >= 11 is 0. The van der Waals surface area contributed by atoms with Crippen molar-refractivity contribution in [2.75, 3.05) is 6.61 Å². The van der Waals surface area contributed by atoms with Gasteiger partial charge in [-0.1, -0.05) is 12.1 Å². The minimum Gasteiger partial charge on any atom is -0.460 e. The molecule has 2 rings (SSSR count). The standard InChI is InChI=1S/C15H15F2NO4/c16-15(17)22-12-5-1-10(2-6-12)3-8-14(20)21-9-11-4-7-13(19)18-11/h1-3,5-6,8,11,15H,4,7,9H2,(H,18,19)/b8-3+. The zero-order chi connectivity index (χ0) is 15.9. The molecule has 1 aliphatic heterocycles. The van der Waals surface area contributed by atoms with E-state index < -0.39 is 12.6 Å². The molecule has 1 aliphatic rings. The molecule has 0 saturated carbocycles. The maximum Gasteiger partial charge on any atom is 0.387 e. The van der Waals surface area contributed by atoms with Gasteiger partial charge in [0.05, 0.1) is 6.04 Å². The fraction of sp³-hybridized carbons (Fsp3) is 0.333. The first-order chi connectivity index (χ1) is 10.5. The van der Waals surface area contributed by atoms with Crippen molar-refractivity contribution in [1.82, 2.24) is 5.32 Å². The minimum absolute atomic E-state index is 0.0392. The highest BCUT2D eigenvalue weighted by Gasteiger charge is 2.21. The van der Waals surface area contributed by atoms with Crippen LogP contribution in [0.3, 0.4) is 0 Å². The van der Waals surface area contributed by atoms with Crippen molar-refractivity contribution in [2.24, 2.45) is 0 Å². The van der Waals surface area contributed by atoms with E-state index in [-0.39, 0.29) is 24.3 Å². The summed E-state index contributed by atoms with van der Waals surface area (Å²) < 4.78 is 33.2. The van der Waals surface area contributed by atoms with Crippen LogP contribution in [0.1, 0.15) is 18.4 Å². The molecule has 5 nitrogen and oxygen atoms in total. The second-order valence-corrected chi connectivity index (χ2v) is 4.71. The molecule has 1 N–H and O–H groups in total. The highest BCUT2D eigenvalue weighted by Crippen LogP contribution is 2.15. The second-order valence-electron chi connectivity index (χ2n) is 4.71. The number of amides is 1. The van der Waals surface area contributed by atoms with Gasteiger partial charge in [-0.15, -0.1) is 0 Å². The highest BCUT2D eigenvalue weighted by molar-refractivity contribution is 5.87. The number of carbonyl (C=O) groups is 2. The van der Waals surface area contributed by atoms with E-state index in [1.54, 1.807) is 12.1 Å². The lowest BCUT2D eigenvalue weighted by Crippen LogP contribution is -2.30. The van der Waals surface area contributed by atoms with Crippen LogP contribution in [0.25, 0.3) is 6.08 Å². The molecular weight excluding hydrogens is 296 g/mol. The van der Waals surface area contributed by atoms with Crippen LogP contribution in [0.5, 0.6) is 5.75 Å². The Balaban J connectivity index is 1.78. The summed E-state index contributed by atoms with van der Waals surface area (Å²) in [5, 5.41) is 2.69. The SMILES string of the molecule is O=C1CCC(COC(=O)/C=C/c2ccc(OC(F)F)cc2)N1. The normalized spacial score (nSPS) is 17.8. The van der Waals surface area contributed by atoms with E-state index in [0.717, 1.165) is 0 Å². The van der Waals surface area contributed by atoms with Crippen molar-refractivity contribution in [1.29, 1.82) is 0 Å². The quantitative estimate of drug-likeness (QED) is 0.645. The van der Waals surface area contributed by atoms with Gasteiger partial charge in [0.1, 0.15) is 12.4 Å². The Kier molecular flexibility index (Phi) is 5.46. The molecule has 0 bridgehead atoms. The molecule has 1 amide bonds. The molecule has 0 aliphatic carbocycles. The molecule has 0 radical (unpaired) electrons. The molecule has 0 spiro atoms. The van der Waals surface area contributed by atoms with Crippen LogP contribution in [0.2, 0.25) is 0 Å². The van der Waals surface area contributed by atoms with Crippen molar-refractivity contribution in [3.8, 4) is 5.75 Å². The molecule has 1 aromatic carbocycles. The van der Waals surface area contributed by atoms with Crippen molar-refractivity contribution < 1.29 is 27.8 Å². The van der Waals surface area contributed by atoms with Gasteiger partial charge >= 0.3 is 12.6 Å². The number of hydrogen-bond donors (Lipinski definition) is 1. The van der Waals surface area contributed by atoms with Gasteiger partial charge in [0.25, 0.3) is 0 Å². The van der Waals surface area contributed by atoms with Gasteiger partial charge in [-0.25, -0.2) is 4.79 Å². The van der Waals surface area contributed by atoms with E-state index in [9.17, 15) is 18.4 Å². The van der Waals surface area contributed by atoms with E-state index in [2.05, 4.69) is 10.1 Å². The number of nitrogens with one attached hydrogen (secondary N) is 1. The van der Waals surface area contributed by atoms with Gasteiger partial charge in [0, 0.05) is 12.5 Å². The van der Waals surface area contributed by atoms with Gasteiger partial charge in [-0.2, -0.15) is 8.78 Å². The first-order valence-electron chi connectivity index (χ1n) is 6.72. The maximum atomic E-state index is 12.0. The first-order valence-corrected chi connectivity index (χ1v) is 6.72. The summed E-state index contributed by atoms with van der Waals surface area (Å²) in [5.74, 6) is -0.525. The third-order valence-corrected chi connectivity index (χ3v) is 3.03. The molecule has 7 heteroatoms. The fourth-order valence-electron chi connectivity index (χ4n) is 1.96. The van der Waals surface area contributed by atoms with E-state index in [0.29, 0.717) is 18.4 Å². The number of benzene rings is 1. The van der Waals surface area contributed by atoms with Gasteiger partial charge in [0.15, 0.2) is 0 Å². The molecule has 118 valence electrons. The predicted molar refractivity (Wildman–Crippen MR) is 74.2 cm³/mol. The second kappa shape index (κ2) is 7.53. The zero-order valence-electron chi connectivity index (χ0n) is 11.6. The third kappa shape index (κ3) is 5.16. The van der Waals surface area contributed by atoms with Crippen LogP contribution in [0.4, 0.5) is 8.78 Å². The topological polar surface area (TPSA) is 64.6 Å². The Morgan fingerprint density at radius 2 is 2.09 bits per heavy atom. The first kappa shape index (κ1) is 15.9. The molecule has 1 heterocycles. The van der Waals surface area contributed by atoms with Crippen molar-refractivity contribution in [3.63, 3.8) is 0 Å². The number of alkyl halides is 2. The molecule has 1 aromatic rings. The number of halogens is 2. The van der Waals surface area contributed by atoms with Gasteiger partial charge < -0.3 is 14.8 Å². The molecule has 22 heavy (non-hydrogen) atoms. The summed E-state index contributed by atoms with van der Waals surface area (Å²) in [6, 6.07) is 5.71. The van der Waals surface area contributed by atoms with Crippen LogP contribution in [0, 0.1) is 0 Å². The maximum absolute atomic E-state index is 12.0. The number of hydrogen-bond acceptors (Lipinski definition) is 4. The minimum atomic E-state index is -2.87. The average molecular weight is 311 g/mol. The average Bonchev–Trinajstić information content (AvgIpc) is 2.89. The number of esters is 1. The highest BCUT2D eigenvalue weighted by atomic mass is 19.3. The molecule has 1 saturated heterocycles. The molecule has 1 atom stereocenters. The van der Waals surface area contributed by atoms with Gasteiger partial charge in [-0.3, -0.25) is 4.79 Å². The Morgan fingerprint density at radius 1 is 1.36 bits per heavy atom. The summed E-state index contributed by atoms with van der Waals surface area (Å²) in [6.45, 7) is -2.73. The lowest BCUT2D eigenvalue weighted by Gasteiger charge is -2.08. The monoisotopic (exact) mass is 311 g/mol. The zero-order valence-corrected chi connectivity index (χ0v) is 11.6. The third-order valence-electron chi connectivity index (χ3n) is 3.03. The Hall–Kier alpha value is -2.44.